The molecular weight excluding hydrogens is 256 g/mol. The van der Waals surface area contributed by atoms with Gasteiger partial charge in [-0.15, -0.1) is 11.8 Å². The van der Waals surface area contributed by atoms with Crippen LogP contribution in [-0.4, -0.2) is 23.2 Å². The highest BCUT2D eigenvalue weighted by atomic mass is 32.2. The Labute approximate surface area is 119 Å². The summed E-state index contributed by atoms with van der Waals surface area (Å²) in [4.78, 5) is 13.2. The maximum Gasteiger partial charge on any atom is 0.241 e. The summed E-state index contributed by atoms with van der Waals surface area (Å²) in [6.07, 6.45) is 2.02. The fraction of sp³-hybridized carbons (Fsp3) is 0.533. The summed E-state index contributed by atoms with van der Waals surface area (Å²) in [5, 5.41) is 6.17. The fourth-order valence-electron chi connectivity index (χ4n) is 2.10. The largest absolute Gasteiger partial charge is 0.325 e. The third-order valence-electron chi connectivity index (χ3n) is 2.92. The Morgan fingerprint density at radius 1 is 1.32 bits per heavy atom. The van der Waals surface area contributed by atoms with Crippen LogP contribution in [0.2, 0.25) is 0 Å². The molecule has 1 fully saturated rings. The van der Waals surface area contributed by atoms with E-state index in [4.69, 9.17) is 0 Å². The van der Waals surface area contributed by atoms with E-state index in [0.29, 0.717) is 0 Å². The van der Waals surface area contributed by atoms with E-state index in [-0.39, 0.29) is 16.7 Å². The van der Waals surface area contributed by atoms with Crippen LogP contribution in [0.25, 0.3) is 0 Å². The molecular formula is C15H22N2OS. The highest BCUT2D eigenvalue weighted by Gasteiger charge is 2.21. The monoisotopic (exact) mass is 278 g/mol. The second kappa shape index (κ2) is 5.97. The number of hydrogen-bond acceptors (Lipinski definition) is 3. The lowest BCUT2D eigenvalue weighted by Crippen LogP contribution is -2.35. The average molecular weight is 278 g/mol. The van der Waals surface area contributed by atoms with Crippen molar-refractivity contribution in [3.05, 3.63) is 24.3 Å². The molecule has 1 aromatic carbocycles. The van der Waals surface area contributed by atoms with E-state index in [9.17, 15) is 4.79 Å². The number of amides is 1. The summed E-state index contributed by atoms with van der Waals surface area (Å²) in [5.74, 6) is 0.0775. The van der Waals surface area contributed by atoms with Gasteiger partial charge < -0.3 is 10.6 Å². The molecule has 0 radical (unpaired) electrons. The van der Waals surface area contributed by atoms with Crippen LogP contribution in [0.5, 0.6) is 0 Å². The van der Waals surface area contributed by atoms with Crippen molar-refractivity contribution in [2.24, 2.45) is 0 Å². The van der Waals surface area contributed by atoms with E-state index < -0.39 is 0 Å². The van der Waals surface area contributed by atoms with E-state index in [1.807, 2.05) is 23.9 Å². The third kappa shape index (κ3) is 4.55. The van der Waals surface area contributed by atoms with Crippen LogP contribution in [0.4, 0.5) is 5.69 Å². The Hall–Kier alpha value is -1.00. The Morgan fingerprint density at radius 2 is 2.00 bits per heavy atom. The molecule has 1 aliphatic heterocycles. The first-order valence-electron chi connectivity index (χ1n) is 6.77. The van der Waals surface area contributed by atoms with Crippen molar-refractivity contribution in [3.8, 4) is 0 Å². The molecule has 0 saturated carbocycles. The summed E-state index contributed by atoms with van der Waals surface area (Å²) in [7, 11) is 0. The Balaban J connectivity index is 1.93. The first kappa shape index (κ1) is 14.4. The molecule has 1 amide bonds. The van der Waals surface area contributed by atoms with Gasteiger partial charge >= 0.3 is 0 Å². The van der Waals surface area contributed by atoms with Gasteiger partial charge in [0.1, 0.15) is 0 Å². The summed E-state index contributed by atoms with van der Waals surface area (Å²) in [5.41, 5.74) is 0.872. The molecule has 1 heterocycles. The molecule has 1 saturated heterocycles. The van der Waals surface area contributed by atoms with Crippen LogP contribution in [0.1, 0.15) is 33.6 Å². The van der Waals surface area contributed by atoms with Gasteiger partial charge in [0.05, 0.1) is 6.04 Å². The molecule has 1 aromatic rings. The molecule has 0 bridgehead atoms. The highest BCUT2D eigenvalue weighted by molar-refractivity contribution is 8.00. The van der Waals surface area contributed by atoms with Crippen molar-refractivity contribution in [2.75, 3.05) is 11.9 Å². The lowest BCUT2D eigenvalue weighted by atomic mass is 10.2. The molecule has 0 aliphatic carbocycles. The molecule has 104 valence electrons. The number of rotatable bonds is 3. The maximum atomic E-state index is 11.9. The van der Waals surface area contributed by atoms with Gasteiger partial charge in [0.15, 0.2) is 0 Å². The summed E-state index contributed by atoms with van der Waals surface area (Å²) < 4.78 is 0.207. The number of carbonyl (C=O) groups excluding carboxylic acids is 1. The summed E-state index contributed by atoms with van der Waals surface area (Å²) in [6.45, 7) is 7.52. The van der Waals surface area contributed by atoms with Gasteiger partial charge in [0.25, 0.3) is 0 Å². The average Bonchev–Trinajstić information content (AvgIpc) is 2.83. The predicted molar refractivity (Wildman–Crippen MR) is 81.7 cm³/mol. The smallest absolute Gasteiger partial charge is 0.241 e. The predicted octanol–water partition coefficient (Wildman–Crippen LogP) is 3.27. The third-order valence-corrected chi connectivity index (χ3v) is 4.04. The van der Waals surface area contributed by atoms with Gasteiger partial charge in [0, 0.05) is 15.3 Å². The van der Waals surface area contributed by atoms with Gasteiger partial charge in [-0.1, -0.05) is 20.8 Å². The van der Waals surface area contributed by atoms with Gasteiger partial charge in [-0.05, 0) is 43.7 Å². The molecule has 0 aromatic heterocycles. The van der Waals surface area contributed by atoms with E-state index in [0.717, 1.165) is 25.1 Å². The van der Waals surface area contributed by atoms with Crippen molar-refractivity contribution in [2.45, 2.75) is 49.3 Å². The van der Waals surface area contributed by atoms with Crippen molar-refractivity contribution in [1.82, 2.24) is 5.32 Å². The van der Waals surface area contributed by atoms with Crippen LogP contribution in [0.15, 0.2) is 29.2 Å². The Morgan fingerprint density at radius 3 is 2.53 bits per heavy atom. The molecule has 3 nitrogen and oxygen atoms in total. The van der Waals surface area contributed by atoms with Gasteiger partial charge in [0.2, 0.25) is 5.91 Å². The number of anilines is 1. The lowest BCUT2D eigenvalue weighted by molar-refractivity contribution is -0.117. The van der Waals surface area contributed by atoms with Gasteiger partial charge in [-0.2, -0.15) is 0 Å². The quantitative estimate of drug-likeness (QED) is 0.834. The van der Waals surface area contributed by atoms with Crippen molar-refractivity contribution in [1.29, 1.82) is 0 Å². The van der Waals surface area contributed by atoms with Crippen molar-refractivity contribution >= 4 is 23.4 Å². The van der Waals surface area contributed by atoms with Crippen molar-refractivity contribution in [3.63, 3.8) is 0 Å². The molecule has 1 unspecified atom stereocenters. The molecule has 1 aliphatic rings. The molecule has 4 heteroatoms. The van der Waals surface area contributed by atoms with Crippen LogP contribution in [-0.2, 0) is 4.79 Å². The second-order valence-electron chi connectivity index (χ2n) is 5.88. The zero-order chi connectivity index (χ0) is 13.9. The van der Waals surface area contributed by atoms with Crippen LogP contribution in [0.3, 0.4) is 0 Å². The minimum Gasteiger partial charge on any atom is -0.325 e. The fourth-order valence-corrected chi connectivity index (χ4v) is 3.08. The van der Waals surface area contributed by atoms with Crippen LogP contribution >= 0.6 is 11.8 Å². The normalized spacial score (nSPS) is 19.4. The molecule has 2 rings (SSSR count). The van der Waals surface area contributed by atoms with Crippen molar-refractivity contribution < 1.29 is 4.79 Å². The lowest BCUT2D eigenvalue weighted by Gasteiger charge is -2.17. The molecule has 0 spiro atoms. The molecule has 1 atom stereocenters. The first-order valence-corrected chi connectivity index (χ1v) is 7.59. The summed E-state index contributed by atoms with van der Waals surface area (Å²) >= 11 is 1.83. The maximum absolute atomic E-state index is 11.9. The molecule has 19 heavy (non-hydrogen) atoms. The van der Waals surface area contributed by atoms with E-state index in [1.54, 1.807) is 0 Å². The van der Waals surface area contributed by atoms with E-state index in [1.165, 1.54) is 4.90 Å². The summed E-state index contributed by atoms with van der Waals surface area (Å²) in [6, 6.07) is 8.05. The van der Waals surface area contributed by atoms with Gasteiger partial charge in [-0.25, -0.2) is 0 Å². The SMILES string of the molecule is CC(C)(C)Sc1ccc(NC(=O)C2CCCN2)cc1. The van der Waals surface area contributed by atoms with E-state index >= 15 is 0 Å². The number of carbonyl (C=O) groups is 1. The number of thioether (sulfide) groups is 1. The Kier molecular flexibility index (Phi) is 4.53. The molecule has 2 N–H and O–H groups in total. The minimum absolute atomic E-state index is 0.0244. The second-order valence-corrected chi connectivity index (χ2v) is 7.78. The zero-order valence-electron chi connectivity index (χ0n) is 11.8. The zero-order valence-corrected chi connectivity index (χ0v) is 12.6. The number of benzene rings is 1. The van der Waals surface area contributed by atoms with Crippen LogP contribution < -0.4 is 10.6 Å². The first-order chi connectivity index (χ1) is 8.94. The van der Waals surface area contributed by atoms with E-state index in [2.05, 4.69) is 43.5 Å². The number of hydrogen-bond donors (Lipinski definition) is 2. The van der Waals surface area contributed by atoms with Gasteiger partial charge in [-0.3, -0.25) is 4.79 Å². The Bertz CT molecular complexity index is 430. The standard InChI is InChI=1S/C15H22N2OS/c1-15(2,3)19-12-8-6-11(7-9-12)17-14(18)13-5-4-10-16-13/h6-9,13,16H,4-5,10H2,1-3H3,(H,17,18). The topological polar surface area (TPSA) is 41.1 Å². The number of nitrogens with one attached hydrogen (secondary N) is 2. The highest BCUT2D eigenvalue weighted by Crippen LogP contribution is 2.32. The van der Waals surface area contributed by atoms with Crippen LogP contribution in [0, 0.1) is 0 Å². The minimum atomic E-state index is -0.0244.